The lowest BCUT2D eigenvalue weighted by molar-refractivity contribution is 0.0751. The molecule has 6 nitrogen and oxygen atoms in total. The van der Waals surface area contributed by atoms with Crippen LogP contribution in [0.2, 0.25) is 0 Å². The second-order valence-electron chi connectivity index (χ2n) is 8.01. The summed E-state index contributed by atoms with van der Waals surface area (Å²) in [7, 11) is 0. The van der Waals surface area contributed by atoms with Crippen LogP contribution in [0.5, 0.6) is 5.75 Å². The van der Waals surface area contributed by atoms with E-state index >= 15 is 0 Å². The Morgan fingerprint density at radius 2 is 1.70 bits per heavy atom. The molecule has 170 valence electrons. The maximum atomic E-state index is 13.3. The fraction of sp³-hybridized carbons (Fsp3) is 0.280. The van der Waals surface area contributed by atoms with Gasteiger partial charge in [-0.05, 0) is 68.4 Å². The molecule has 0 saturated carbocycles. The van der Waals surface area contributed by atoms with Gasteiger partial charge >= 0.3 is 0 Å². The molecule has 2 aromatic heterocycles. The molecule has 1 aliphatic heterocycles. The lowest BCUT2D eigenvalue weighted by atomic mass is 10.2. The summed E-state index contributed by atoms with van der Waals surface area (Å²) in [6.45, 7) is 7.46. The summed E-state index contributed by atoms with van der Waals surface area (Å²) in [5, 5.41) is 5.55. The topological polar surface area (TPSA) is 50.6 Å². The summed E-state index contributed by atoms with van der Waals surface area (Å²) in [4.78, 5) is 19.1. The molecule has 1 saturated heterocycles. The molecule has 0 N–H and O–H groups in total. The van der Waals surface area contributed by atoms with Gasteiger partial charge in [-0.15, -0.1) is 11.3 Å². The Morgan fingerprint density at radius 3 is 2.36 bits per heavy atom. The number of ether oxygens (including phenoxy) is 1. The number of anilines is 1. The zero-order chi connectivity index (χ0) is 22.9. The number of piperazine rings is 1. The third-order valence-electron chi connectivity index (χ3n) is 5.91. The fourth-order valence-corrected chi connectivity index (χ4v) is 5.30. The van der Waals surface area contributed by atoms with Crippen molar-refractivity contribution in [1.29, 1.82) is 0 Å². The summed E-state index contributed by atoms with van der Waals surface area (Å²) in [5.74, 6) is 0.632. The van der Waals surface area contributed by atoms with Crippen LogP contribution in [0.3, 0.4) is 0 Å². The van der Waals surface area contributed by atoms with Crippen LogP contribution < -0.4 is 9.64 Å². The van der Waals surface area contributed by atoms with E-state index < -0.39 is 0 Å². The van der Waals surface area contributed by atoms with Crippen molar-refractivity contribution in [3.05, 3.63) is 71.0 Å². The van der Waals surface area contributed by atoms with E-state index in [4.69, 9.17) is 4.74 Å². The quantitative estimate of drug-likeness (QED) is 0.422. The van der Waals surface area contributed by atoms with E-state index in [0.29, 0.717) is 24.6 Å². The zero-order valence-corrected chi connectivity index (χ0v) is 19.4. The van der Waals surface area contributed by atoms with E-state index in [1.54, 1.807) is 16.8 Å². The average Bonchev–Trinajstić information content (AvgIpc) is 3.41. The number of benzene rings is 2. The lowest BCUT2D eigenvalue weighted by Crippen LogP contribution is -2.48. The van der Waals surface area contributed by atoms with Crippen LogP contribution in [0.25, 0.3) is 15.9 Å². The molecule has 0 spiro atoms. The van der Waals surface area contributed by atoms with E-state index in [0.717, 1.165) is 46.1 Å². The van der Waals surface area contributed by atoms with Crippen LogP contribution in [0.1, 0.15) is 22.3 Å². The number of carbonyl (C=O) groups excluding carboxylic acids is 1. The summed E-state index contributed by atoms with van der Waals surface area (Å²) in [6, 6.07) is 16.3. The number of carbonyl (C=O) groups is 1. The summed E-state index contributed by atoms with van der Waals surface area (Å²) < 4.78 is 20.6. The number of amides is 1. The molecule has 0 unspecified atom stereocenters. The van der Waals surface area contributed by atoms with Gasteiger partial charge in [0.05, 0.1) is 22.9 Å². The molecule has 8 heteroatoms. The van der Waals surface area contributed by atoms with Gasteiger partial charge in [0.2, 0.25) is 0 Å². The van der Waals surface area contributed by atoms with Crippen molar-refractivity contribution in [2.75, 3.05) is 37.7 Å². The zero-order valence-electron chi connectivity index (χ0n) is 18.6. The number of thiophene rings is 1. The number of nitrogens with zero attached hydrogens (tertiary/aromatic N) is 4. The van der Waals surface area contributed by atoms with Gasteiger partial charge in [0.1, 0.15) is 16.4 Å². The normalized spacial score (nSPS) is 14.2. The third kappa shape index (κ3) is 4.18. The Hall–Kier alpha value is -3.39. The Kier molecular flexibility index (Phi) is 5.76. The maximum Gasteiger partial charge on any atom is 0.264 e. The average molecular weight is 465 g/mol. The van der Waals surface area contributed by atoms with E-state index in [9.17, 15) is 9.18 Å². The molecule has 33 heavy (non-hydrogen) atoms. The summed E-state index contributed by atoms with van der Waals surface area (Å²) in [5.41, 5.74) is 2.77. The largest absolute Gasteiger partial charge is 0.494 e. The fourth-order valence-electron chi connectivity index (χ4n) is 4.15. The Balaban J connectivity index is 1.30. The molecule has 0 bridgehead atoms. The molecule has 4 aromatic rings. The van der Waals surface area contributed by atoms with Crippen molar-refractivity contribution in [1.82, 2.24) is 14.7 Å². The highest BCUT2D eigenvalue weighted by Gasteiger charge is 2.25. The number of aromatic nitrogens is 2. The minimum atomic E-state index is -0.287. The van der Waals surface area contributed by atoms with Gasteiger partial charge in [-0.3, -0.25) is 4.79 Å². The second kappa shape index (κ2) is 8.86. The van der Waals surface area contributed by atoms with Crippen LogP contribution in [-0.2, 0) is 0 Å². The Bertz CT molecular complexity index is 1270. The van der Waals surface area contributed by atoms with Crippen LogP contribution in [0.15, 0.2) is 54.6 Å². The number of halogens is 1. The molecule has 3 heterocycles. The highest BCUT2D eigenvalue weighted by atomic mass is 32.1. The molecular weight excluding hydrogens is 439 g/mol. The van der Waals surface area contributed by atoms with Crippen molar-refractivity contribution in [2.24, 2.45) is 0 Å². The van der Waals surface area contributed by atoms with E-state index in [1.165, 1.54) is 23.5 Å². The molecule has 0 aliphatic carbocycles. The summed E-state index contributed by atoms with van der Waals surface area (Å²) >= 11 is 1.44. The molecule has 1 amide bonds. The minimum absolute atomic E-state index is 0.0487. The van der Waals surface area contributed by atoms with Crippen LogP contribution in [0, 0.1) is 12.7 Å². The molecular formula is C25H25FN4O2S. The van der Waals surface area contributed by atoms with Crippen molar-refractivity contribution in [3.8, 4) is 11.4 Å². The molecule has 2 aromatic carbocycles. The smallest absolute Gasteiger partial charge is 0.264 e. The number of hydrogen-bond donors (Lipinski definition) is 0. The molecule has 0 atom stereocenters. The highest BCUT2D eigenvalue weighted by molar-refractivity contribution is 7.20. The van der Waals surface area contributed by atoms with Crippen molar-refractivity contribution in [3.63, 3.8) is 0 Å². The highest BCUT2D eigenvalue weighted by Crippen LogP contribution is 2.31. The first-order valence-corrected chi connectivity index (χ1v) is 11.9. The van der Waals surface area contributed by atoms with Crippen LogP contribution in [-0.4, -0.2) is 53.4 Å². The molecule has 5 rings (SSSR count). The van der Waals surface area contributed by atoms with Crippen LogP contribution >= 0.6 is 11.3 Å². The predicted molar refractivity (Wildman–Crippen MR) is 129 cm³/mol. The van der Waals surface area contributed by atoms with E-state index in [1.807, 2.05) is 36.9 Å². The Morgan fingerprint density at radius 1 is 1.03 bits per heavy atom. The number of fused-ring (bicyclic) bond motifs is 1. The monoisotopic (exact) mass is 464 g/mol. The van der Waals surface area contributed by atoms with Gasteiger partial charge in [-0.1, -0.05) is 0 Å². The first-order valence-electron chi connectivity index (χ1n) is 11.1. The minimum Gasteiger partial charge on any atom is -0.494 e. The molecule has 1 fully saturated rings. The van der Waals surface area contributed by atoms with Gasteiger partial charge in [0.15, 0.2) is 0 Å². The van der Waals surface area contributed by atoms with E-state index in [2.05, 4.69) is 22.1 Å². The number of hydrogen-bond acceptors (Lipinski definition) is 5. The van der Waals surface area contributed by atoms with Gasteiger partial charge in [0.25, 0.3) is 5.91 Å². The van der Waals surface area contributed by atoms with E-state index in [-0.39, 0.29) is 11.7 Å². The molecule has 1 aliphatic rings. The molecule has 0 radical (unpaired) electrons. The SMILES string of the molecule is CCOc1ccc(N2CCN(C(=O)c3cc4c(C)nn(-c5ccc(F)cc5)c4s3)CC2)cc1. The first kappa shape index (κ1) is 21.5. The van der Waals surface area contributed by atoms with Gasteiger partial charge < -0.3 is 14.5 Å². The van der Waals surface area contributed by atoms with Crippen molar-refractivity contribution in [2.45, 2.75) is 13.8 Å². The van der Waals surface area contributed by atoms with Crippen molar-refractivity contribution >= 4 is 33.1 Å². The van der Waals surface area contributed by atoms with Crippen LogP contribution in [0.4, 0.5) is 10.1 Å². The van der Waals surface area contributed by atoms with Gasteiger partial charge in [-0.2, -0.15) is 5.10 Å². The standard InChI is InChI=1S/C25H25FN4O2S/c1-3-32-21-10-8-19(9-11-21)28-12-14-29(15-13-28)24(31)23-16-22-17(2)27-30(25(22)33-23)20-6-4-18(26)5-7-20/h4-11,16H,3,12-15H2,1-2H3. The third-order valence-corrected chi connectivity index (χ3v) is 7.00. The second-order valence-corrected chi connectivity index (χ2v) is 9.04. The summed E-state index contributed by atoms with van der Waals surface area (Å²) in [6.07, 6.45) is 0. The van der Waals surface area contributed by atoms with Crippen molar-refractivity contribution < 1.29 is 13.9 Å². The number of aryl methyl sites for hydroxylation is 1. The number of rotatable bonds is 5. The lowest BCUT2D eigenvalue weighted by Gasteiger charge is -2.36. The van der Waals surface area contributed by atoms with Gasteiger partial charge in [0, 0.05) is 37.3 Å². The first-order chi connectivity index (χ1) is 16.0. The van der Waals surface area contributed by atoms with Gasteiger partial charge in [-0.25, -0.2) is 9.07 Å². The maximum absolute atomic E-state index is 13.3. The predicted octanol–water partition coefficient (Wildman–Crippen LogP) is 4.90. The Labute approximate surface area is 195 Å².